The summed E-state index contributed by atoms with van der Waals surface area (Å²) >= 11 is 0. The van der Waals surface area contributed by atoms with E-state index >= 15 is 0 Å². The van der Waals surface area contributed by atoms with E-state index in [4.69, 9.17) is 9.84 Å². The Labute approximate surface area is 138 Å². The van der Waals surface area contributed by atoms with Gasteiger partial charge in [-0.25, -0.2) is 9.59 Å². The van der Waals surface area contributed by atoms with E-state index in [0.717, 1.165) is 38.8 Å². The molecule has 1 aliphatic carbocycles. The van der Waals surface area contributed by atoms with Crippen molar-refractivity contribution in [3.8, 4) is 0 Å². The molecule has 2 amide bonds. The maximum Gasteiger partial charge on any atom is 0.407 e. The molecule has 0 spiro atoms. The van der Waals surface area contributed by atoms with Gasteiger partial charge >= 0.3 is 12.2 Å². The summed E-state index contributed by atoms with van der Waals surface area (Å²) in [7, 11) is 0. The van der Waals surface area contributed by atoms with Crippen LogP contribution in [0.5, 0.6) is 0 Å². The third-order valence-corrected chi connectivity index (χ3v) is 4.52. The molecular formula is C16H29N3O4. The van der Waals surface area contributed by atoms with E-state index in [1.807, 2.05) is 20.8 Å². The second-order valence-corrected chi connectivity index (χ2v) is 7.46. The van der Waals surface area contributed by atoms with Gasteiger partial charge in [0.25, 0.3) is 0 Å². The zero-order chi connectivity index (χ0) is 17.0. The van der Waals surface area contributed by atoms with Gasteiger partial charge in [0.2, 0.25) is 0 Å². The first-order valence-corrected chi connectivity index (χ1v) is 8.46. The lowest BCUT2D eigenvalue weighted by Gasteiger charge is -2.41. The van der Waals surface area contributed by atoms with E-state index in [-0.39, 0.29) is 12.1 Å². The number of alkyl carbamates (subject to hydrolysis) is 1. The first-order chi connectivity index (χ1) is 10.7. The van der Waals surface area contributed by atoms with Crippen LogP contribution in [0.2, 0.25) is 0 Å². The van der Waals surface area contributed by atoms with E-state index in [0.29, 0.717) is 19.1 Å². The molecule has 0 aromatic rings. The highest BCUT2D eigenvalue weighted by atomic mass is 16.6. The molecule has 0 aromatic carbocycles. The first kappa shape index (κ1) is 17.8. The topological polar surface area (TPSA) is 82.1 Å². The van der Waals surface area contributed by atoms with Gasteiger partial charge < -0.3 is 20.1 Å². The summed E-state index contributed by atoms with van der Waals surface area (Å²) in [6.45, 7) is 8.37. The molecule has 2 fully saturated rings. The van der Waals surface area contributed by atoms with Crippen LogP contribution in [0.15, 0.2) is 0 Å². The van der Waals surface area contributed by atoms with Gasteiger partial charge in [0.05, 0.1) is 0 Å². The van der Waals surface area contributed by atoms with Crippen LogP contribution in [0.3, 0.4) is 0 Å². The fourth-order valence-corrected chi connectivity index (χ4v) is 3.34. The van der Waals surface area contributed by atoms with Crippen LogP contribution < -0.4 is 5.32 Å². The van der Waals surface area contributed by atoms with Crippen molar-refractivity contribution < 1.29 is 19.4 Å². The van der Waals surface area contributed by atoms with Crippen molar-refractivity contribution >= 4 is 12.2 Å². The molecule has 132 valence electrons. The van der Waals surface area contributed by atoms with Crippen molar-refractivity contribution in [3.63, 3.8) is 0 Å². The largest absolute Gasteiger partial charge is 0.465 e. The summed E-state index contributed by atoms with van der Waals surface area (Å²) in [4.78, 5) is 26.6. The summed E-state index contributed by atoms with van der Waals surface area (Å²) in [5.41, 5.74) is -0.467. The third-order valence-electron chi connectivity index (χ3n) is 4.52. The Kier molecular flexibility index (Phi) is 5.73. The number of amides is 2. The molecule has 1 saturated heterocycles. The molecule has 0 atom stereocenters. The molecule has 0 bridgehead atoms. The van der Waals surface area contributed by atoms with Crippen molar-refractivity contribution in [3.05, 3.63) is 0 Å². The Bertz CT molecular complexity index is 420. The molecule has 0 unspecified atom stereocenters. The quantitative estimate of drug-likeness (QED) is 0.812. The predicted molar refractivity (Wildman–Crippen MR) is 86.6 cm³/mol. The number of carbonyl (C=O) groups excluding carboxylic acids is 1. The Hall–Kier alpha value is -1.50. The molecule has 1 heterocycles. The van der Waals surface area contributed by atoms with Gasteiger partial charge in [0.15, 0.2) is 0 Å². The summed E-state index contributed by atoms with van der Waals surface area (Å²) in [6.07, 6.45) is 2.80. The standard InChI is InChI=1S/C16H29N3O4/c1-16(2,3)23-14(20)17-12-4-6-13(7-5-12)18-8-10-19(11-9-18)15(21)22/h12-13H,4-11H2,1-3H3,(H,17,20)(H,21,22)/t12-,13+. The van der Waals surface area contributed by atoms with Gasteiger partial charge in [-0.15, -0.1) is 0 Å². The average Bonchev–Trinajstić information content (AvgIpc) is 2.46. The predicted octanol–water partition coefficient (Wildman–Crippen LogP) is 2.12. The highest BCUT2D eigenvalue weighted by molar-refractivity contribution is 5.68. The molecule has 1 saturated carbocycles. The van der Waals surface area contributed by atoms with Gasteiger partial charge in [0.1, 0.15) is 5.60 Å². The summed E-state index contributed by atoms with van der Waals surface area (Å²) in [5.74, 6) is 0. The Balaban J connectivity index is 1.70. The number of nitrogens with zero attached hydrogens (tertiary/aromatic N) is 2. The van der Waals surface area contributed by atoms with Crippen molar-refractivity contribution in [2.75, 3.05) is 26.2 Å². The maximum absolute atomic E-state index is 11.8. The zero-order valence-electron chi connectivity index (χ0n) is 14.4. The molecule has 23 heavy (non-hydrogen) atoms. The molecule has 0 aromatic heterocycles. The molecule has 1 aliphatic heterocycles. The Morgan fingerprint density at radius 2 is 1.61 bits per heavy atom. The van der Waals surface area contributed by atoms with Crippen LogP contribution in [-0.2, 0) is 4.74 Å². The lowest BCUT2D eigenvalue weighted by atomic mass is 9.90. The minimum absolute atomic E-state index is 0.182. The normalized spacial score (nSPS) is 26.7. The van der Waals surface area contributed by atoms with Crippen LogP contribution in [0.4, 0.5) is 9.59 Å². The van der Waals surface area contributed by atoms with Crippen molar-refractivity contribution in [2.24, 2.45) is 0 Å². The molecule has 2 rings (SSSR count). The van der Waals surface area contributed by atoms with E-state index < -0.39 is 11.7 Å². The van der Waals surface area contributed by atoms with Crippen LogP contribution in [0.1, 0.15) is 46.5 Å². The number of rotatable bonds is 2. The van der Waals surface area contributed by atoms with Gasteiger partial charge in [-0.3, -0.25) is 4.90 Å². The summed E-state index contributed by atoms with van der Waals surface area (Å²) in [5, 5.41) is 11.9. The number of nitrogens with one attached hydrogen (secondary N) is 1. The Morgan fingerprint density at radius 1 is 1.04 bits per heavy atom. The van der Waals surface area contributed by atoms with Gasteiger partial charge in [0, 0.05) is 38.3 Å². The Morgan fingerprint density at radius 3 is 2.09 bits per heavy atom. The molecular weight excluding hydrogens is 298 g/mol. The average molecular weight is 327 g/mol. The van der Waals surface area contributed by atoms with Crippen LogP contribution >= 0.6 is 0 Å². The number of hydrogen-bond donors (Lipinski definition) is 2. The van der Waals surface area contributed by atoms with E-state index in [2.05, 4.69) is 10.2 Å². The van der Waals surface area contributed by atoms with Crippen molar-refractivity contribution in [1.29, 1.82) is 0 Å². The number of piperazine rings is 1. The highest BCUT2D eigenvalue weighted by Gasteiger charge is 2.30. The second-order valence-electron chi connectivity index (χ2n) is 7.46. The number of carboxylic acid groups (broad SMARTS) is 1. The molecule has 2 N–H and O–H groups in total. The summed E-state index contributed by atoms with van der Waals surface area (Å²) in [6, 6.07) is 0.684. The number of carbonyl (C=O) groups is 2. The highest BCUT2D eigenvalue weighted by Crippen LogP contribution is 2.24. The van der Waals surface area contributed by atoms with Crippen LogP contribution in [0, 0.1) is 0 Å². The SMILES string of the molecule is CC(C)(C)OC(=O)N[C@H]1CC[C@@H](N2CCN(C(=O)O)CC2)CC1. The van der Waals surface area contributed by atoms with Crippen molar-refractivity contribution in [2.45, 2.75) is 64.1 Å². The monoisotopic (exact) mass is 327 g/mol. The van der Waals surface area contributed by atoms with Gasteiger partial charge in [-0.1, -0.05) is 0 Å². The van der Waals surface area contributed by atoms with E-state index in [1.165, 1.54) is 4.90 Å². The van der Waals surface area contributed by atoms with E-state index in [1.54, 1.807) is 0 Å². The maximum atomic E-state index is 11.8. The summed E-state index contributed by atoms with van der Waals surface area (Å²) < 4.78 is 5.30. The minimum Gasteiger partial charge on any atom is -0.465 e. The zero-order valence-corrected chi connectivity index (χ0v) is 14.4. The molecule has 7 heteroatoms. The van der Waals surface area contributed by atoms with Gasteiger partial charge in [-0.05, 0) is 46.5 Å². The smallest absolute Gasteiger partial charge is 0.407 e. The van der Waals surface area contributed by atoms with Crippen LogP contribution in [-0.4, -0.2) is 71.0 Å². The third kappa shape index (κ3) is 5.57. The fraction of sp³-hybridized carbons (Fsp3) is 0.875. The van der Waals surface area contributed by atoms with Crippen LogP contribution in [0.25, 0.3) is 0 Å². The molecule has 7 nitrogen and oxygen atoms in total. The molecule has 2 aliphatic rings. The number of hydrogen-bond acceptors (Lipinski definition) is 4. The molecule has 0 radical (unpaired) electrons. The first-order valence-electron chi connectivity index (χ1n) is 8.46. The van der Waals surface area contributed by atoms with Crippen molar-refractivity contribution in [1.82, 2.24) is 15.1 Å². The lowest BCUT2D eigenvalue weighted by molar-refractivity contribution is 0.0454. The van der Waals surface area contributed by atoms with E-state index in [9.17, 15) is 9.59 Å². The fourth-order valence-electron chi connectivity index (χ4n) is 3.34. The second kappa shape index (κ2) is 7.38. The van der Waals surface area contributed by atoms with Gasteiger partial charge in [-0.2, -0.15) is 0 Å². The minimum atomic E-state index is -0.824. The number of ether oxygens (including phenoxy) is 1. The lowest BCUT2D eigenvalue weighted by Crippen LogP contribution is -2.53.